The fourth-order valence-electron chi connectivity index (χ4n) is 2.23. The van der Waals surface area contributed by atoms with Gasteiger partial charge >= 0.3 is 0 Å². The van der Waals surface area contributed by atoms with Crippen molar-refractivity contribution in [3.8, 4) is 17.1 Å². The second kappa shape index (κ2) is 7.56. The van der Waals surface area contributed by atoms with E-state index < -0.39 is 16.1 Å². The summed E-state index contributed by atoms with van der Waals surface area (Å²) in [4.78, 5) is 4.43. The molecule has 0 aliphatic carbocycles. The Morgan fingerprint density at radius 1 is 1.12 bits per heavy atom. The number of hydrogen-bond donors (Lipinski definition) is 1. The van der Waals surface area contributed by atoms with E-state index in [1.165, 1.54) is 12.1 Å². The van der Waals surface area contributed by atoms with Gasteiger partial charge in [-0.05, 0) is 55.5 Å². The zero-order valence-corrected chi connectivity index (χ0v) is 16.4. The van der Waals surface area contributed by atoms with E-state index in [0.717, 1.165) is 10.0 Å². The SMILES string of the molecule is COc1ccc(-c2noc([C@@H](C)NS(=O)(=O)c3ccc(Br)cc3)n2)cc1. The Morgan fingerprint density at radius 2 is 1.77 bits per heavy atom. The maximum atomic E-state index is 12.4. The average Bonchev–Trinajstić information content (AvgIpc) is 3.12. The van der Waals surface area contributed by atoms with Crippen LogP contribution in [0.1, 0.15) is 18.9 Å². The number of hydrogen-bond acceptors (Lipinski definition) is 6. The Kier molecular flexibility index (Phi) is 5.40. The van der Waals surface area contributed by atoms with Crippen molar-refractivity contribution >= 4 is 26.0 Å². The van der Waals surface area contributed by atoms with Crippen LogP contribution in [0.15, 0.2) is 62.4 Å². The molecule has 0 spiro atoms. The highest BCUT2D eigenvalue weighted by Gasteiger charge is 2.22. The number of methoxy groups -OCH3 is 1. The number of nitrogens with zero attached hydrogens (tertiary/aromatic N) is 2. The minimum atomic E-state index is -3.70. The normalized spacial score (nSPS) is 12.7. The van der Waals surface area contributed by atoms with Crippen LogP contribution in [-0.2, 0) is 10.0 Å². The Bertz CT molecular complexity index is 986. The first kappa shape index (κ1) is 18.6. The lowest BCUT2D eigenvalue weighted by molar-refractivity contribution is 0.354. The summed E-state index contributed by atoms with van der Waals surface area (Å²) >= 11 is 3.28. The number of nitrogens with one attached hydrogen (secondary N) is 1. The molecule has 1 N–H and O–H groups in total. The molecule has 0 fully saturated rings. The molecule has 136 valence electrons. The third-order valence-electron chi connectivity index (χ3n) is 3.62. The van der Waals surface area contributed by atoms with Gasteiger partial charge in [0.25, 0.3) is 0 Å². The van der Waals surface area contributed by atoms with Gasteiger partial charge in [-0.25, -0.2) is 8.42 Å². The van der Waals surface area contributed by atoms with Gasteiger partial charge in [-0.2, -0.15) is 9.71 Å². The first-order valence-electron chi connectivity index (χ1n) is 7.65. The zero-order valence-electron chi connectivity index (χ0n) is 14.0. The van der Waals surface area contributed by atoms with Gasteiger partial charge in [-0.15, -0.1) is 0 Å². The van der Waals surface area contributed by atoms with Crippen molar-refractivity contribution in [1.82, 2.24) is 14.9 Å². The number of halogens is 1. The molecule has 1 heterocycles. The second-order valence-corrected chi connectivity index (χ2v) is 8.11. The van der Waals surface area contributed by atoms with Crippen molar-refractivity contribution in [3.63, 3.8) is 0 Å². The van der Waals surface area contributed by atoms with Crippen LogP contribution in [0.5, 0.6) is 5.75 Å². The van der Waals surface area contributed by atoms with Gasteiger partial charge in [0.2, 0.25) is 21.7 Å². The summed E-state index contributed by atoms with van der Waals surface area (Å²) in [6.45, 7) is 1.64. The lowest BCUT2D eigenvalue weighted by Crippen LogP contribution is -2.27. The standard InChI is InChI=1S/C17H16BrN3O4S/c1-11(21-26(22,23)15-9-5-13(18)6-10-15)17-19-16(20-25-17)12-3-7-14(24-2)8-4-12/h3-11,21H,1-2H3/t11-/m1/s1. The van der Waals surface area contributed by atoms with Crippen molar-refractivity contribution in [1.29, 1.82) is 0 Å². The Morgan fingerprint density at radius 3 is 2.38 bits per heavy atom. The molecule has 1 atom stereocenters. The molecule has 0 unspecified atom stereocenters. The summed E-state index contributed by atoms with van der Waals surface area (Å²) < 4.78 is 38.5. The fourth-order valence-corrected chi connectivity index (χ4v) is 3.69. The van der Waals surface area contributed by atoms with Gasteiger partial charge in [-0.3, -0.25) is 0 Å². The summed E-state index contributed by atoms with van der Waals surface area (Å²) in [6, 6.07) is 12.8. The van der Waals surface area contributed by atoms with Crippen LogP contribution in [0.2, 0.25) is 0 Å². The summed E-state index contributed by atoms with van der Waals surface area (Å²) in [5.74, 6) is 1.27. The molecule has 26 heavy (non-hydrogen) atoms. The first-order valence-corrected chi connectivity index (χ1v) is 9.92. The summed E-state index contributed by atoms with van der Waals surface area (Å²) in [5.41, 5.74) is 0.740. The molecule has 0 amide bonds. The largest absolute Gasteiger partial charge is 0.497 e. The number of ether oxygens (including phenoxy) is 1. The zero-order chi connectivity index (χ0) is 18.7. The molecule has 1 aromatic heterocycles. The van der Waals surface area contributed by atoms with Gasteiger partial charge in [0, 0.05) is 10.0 Å². The van der Waals surface area contributed by atoms with E-state index in [2.05, 4.69) is 30.8 Å². The van der Waals surface area contributed by atoms with Gasteiger partial charge in [0.05, 0.1) is 18.0 Å². The van der Waals surface area contributed by atoms with Gasteiger partial charge in [-0.1, -0.05) is 21.1 Å². The van der Waals surface area contributed by atoms with Crippen LogP contribution in [0, 0.1) is 0 Å². The van der Waals surface area contributed by atoms with E-state index >= 15 is 0 Å². The molecule has 0 saturated heterocycles. The van der Waals surface area contributed by atoms with E-state index in [0.29, 0.717) is 11.6 Å². The maximum absolute atomic E-state index is 12.4. The van der Waals surface area contributed by atoms with E-state index in [1.54, 1.807) is 50.4 Å². The van der Waals surface area contributed by atoms with Crippen molar-refractivity contribution in [2.24, 2.45) is 0 Å². The average molecular weight is 438 g/mol. The Labute approximate surface area is 159 Å². The molecule has 0 aliphatic heterocycles. The lowest BCUT2D eigenvalue weighted by Gasteiger charge is -2.10. The maximum Gasteiger partial charge on any atom is 0.244 e. The van der Waals surface area contributed by atoms with E-state index in [-0.39, 0.29) is 10.8 Å². The number of sulfonamides is 1. The third-order valence-corrected chi connectivity index (χ3v) is 5.70. The van der Waals surface area contributed by atoms with Gasteiger partial charge in [0.1, 0.15) is 5.75 Å². The van der Waals surface area contributed by atoms with E-state index in [9.17, 15) is 8.42 Å². The molecule has 9 heteroatoms. The molecule has 2 aromatic carbocycles. The number of benzene rings is 2. The summed E-state index contributed by atoms with van der Waals surface area (Å²) in [5, 5.41) is 3.91. The van der Waals surface area contributed by atoms with Crippen LogP contribution in [0.25, 0.3) is 11.4 Å². The molecular weight excluding hydrogens is 422 g/mol. The predicted molar refractivity (Wildman–Crippen MR) is 99.2 cm³/mol. The monoisotopic (exact) mass is 437 g/mol. The number of rotatable bonds is 6. The third kappa shape index (κ3) is 4.12. The van der Waals surface area contributed by atoms with Crippen LogP contribution in [0.3, 0.4) is 0 Å². The van der Waals surface area contributed by atoms with Crippen LogP contribution < -0.4 is 9.46 Å². The minimum Gasteiger partial charge on any atom is -0.497 e. The fraction of sp³-hybridized carbons (Fsp3) is 0.176. The molecule has 0 bridgehead atoms. The van der Waals surface area contributed by atoms with Gasteiger partial charge in [0.15, 0.2) is 0 Å². The quantitative estimate of drug-likeness (QED) is 0.633. The van der Waals surface area contributed by atoms with E-state index in [4.69, 9.17) is 9.26 Å². The van der Waals surface area contributed by atoms with Gasteiger partial charge < -0.3 is 9.26 Å². The summed E-state index contributed by atoms with van der Waals surface area (Å²) in [6.07, 6.45) is 0. The van der Waals surface area contributed by atoms with Crippen molar-refractivity contribution < 1.29 is 17.7 Å². The molecular formula is C17H16BrN3O4S. The first-order chi connectivity index (χ1) is 12.4. The van der Waals surface area contributed by atoms with E-state index in [1.807, 2.05) is 0 Å². The van der Waals surface area contributed by atoms with Crippen molar-refractivity contribution in [2.45, 2.75) is 17.9 Å². The predicted octanol–water partition coefficient (Wildman–Crippen LogP) is 3.55. The molecule has 0 radical (unpaired) electrons. The minimum absolute atomic E-state index is 0.155. The van der Waals surface area contributed by atoms with Crippen LogP contribution >= 0.6 is 15.9 Å². The molecule has 3 rings (SSSR count). The molecule has 0 saturated carbocycles. The lowest BCUT2D eigenvalue weighted by atomic mass is 10.2. The Balaban J connectivity index is 1.77. The highest BCUT2D eigenvalue weighted by Crippen LogP contribution is 2.22. The smallest absolute Gasteiger partial charge is 0.244 e. The molecule has 3 aromatic rings. The van der Waals surface area contributed by atoms with Crippen LogP contribution in [-0.4, -0.2) is 25.7 Å². The van der Waals surface area contributed by atoms with Crippen molar-refractivity contribution in [2.75, 3.05) is 7.11 Å². The Hall–Kier alpha value is -2.23. The topological polar surface area (TPSA) is 94.3 Å². The number of aromatic nitrogens is 2. The molecule has 0 aliphatic rings. The van der Waals surface area contributed by atoms with Crippen molar-refractivity contribution in [3.05, 3.63) is 58.9 Å². The summed E-state index contributed by atoms with van der Waals surface area (Å²) in [7, 11) is -2.12. The highest BCUT2D eigenvalue weighted by atomic mass is 79.9. The molecule has 7 nitrogen and oxygen atoms in total. The highest BCUT2D eigenvalue weighted by molar-refractivity contribution is 9.10. The van der Waals surface area contributed by atoms with Crippen LogP contribution in [0.4, 0.5) is 0 Å². The second-order valence-electron chi connectivity index (χ2n) is 5.48.